The highest BCUT2D eigenvalue weighted by molar-refractivity contribution is 6.30. The van der Waals surface area contributed by atoms with Gasteiger partial charge in [0.25, 0.3) is 0 Å². The molecule has 0 aliphatic carbocycles. The first-order valence-corrected chi connectivity index (χ1v) is 10.6. The van der Waals surface area contributed by atoms with Crippen LogP contribution in [0.1, 0.15) is 49.8 Å². The molecule has 5 heteroatoms. The molecular formula is C23H27ClFNO2. The maximum Gasteiger partial charge on any atom is 0.124 e. The van der Waals surface area contributed by atoms with Gasteiger partial charge in [-0.2, -0.15) is 0 Å². The minimum absolute atomic E-state index is 0.0206. The Morgan fingerprint density at radius 2 is 2.04 bits per heavy atom. The number of ether oxygens (including phenoxy) is 2. The first-order chi connectivity index (χ1) is 13.6. The van der Waals surface area contributed by atoms with Gasteiger partial charge in [0.1, 0.15) is 5.82 Å². The number of unbranched alkanes of at least 4 members (excludes halogenated alkanes) is 1. The summed E-state index contributed by atoms with van der Waals surface area (Å²) in [6, 6.07) is 11.0. The number of hydrogen-bond acceptors (Lipinski definition) is 3. The van der Waals surface area contributed by atoms with Crippen molar-refractivity contribution >= 4 is 11.6 Å². The van der Waals surface area contributed by atoms with Crippen LogP contribution in [0.3, 0.4) is 0 Å². The van der Waals surface area contributed by atoms with Gasteiger partial charge in [-0.05, 0) is 68.0 Å². The molecule has 2 saturated heterocycles. The van der Waals surface area contributed by atoms with E-state index in [1.807, 2.05) is 18.3 Å². The average Bonchev–Trinajstić information content (AvgIpc) is 3.13. The van der Waals surface area contributed by atoms with Gasteiger partial charge in [-0.25, -0.2) is 4.39 Å². The largest absolute Gasteiger partial charge is 0.378 e. The zero-order chi connectivity index (χ0) is 19.5. The molecule has 3 heterocycles. The van der Waals surface area contributed by atoms with Gasteiger partial charge in [-0.15, -0.1) is 0 Å². The molecule has 0 saturated carbocycles. The maximum atomic E-state index is 13.6. The summed E-state index contributed by atoms with van der Waals surface area (Å²) in [4.78, 5) is 4.73. The van der Waals surface area contributed by atoms with Gasteiger partial charge in [0.15, 0.2) is 0 Å². The van der Waals surface area contributed by atoms with E-state index in [-0.39, 0.29) is 16.8 Å². The summed E-state index contributed by atoms with van der Waals surface area (Å²) < 4.78 is 25.4. The second kappa shape index (κ2) is 8.48. The Morgan fingerprint density at radius 3 is 2.79 bits per heavy atom. The van der Waals surface area contributed by atoms with E-state index in [1.165, 1.54) is 11.8 Å². The maximum absolute atomic E-state index is 13.6. The number of aromatic nitrogens is 1. The van der Waals surface area contributed by atoms with Gasteiger partial charge in [-0.1, -0.05) is 24.1 Å². The molecule has 0 radical (unpaired) electrons. The zero-order valence-corrected chi connectivity index (χ0v) is 16.9. The van der Waals surface area contributed by atoms with Gasteiger partial charge in [0.2, 0.25) is 0 Å². The Kier molecular flexibility index (Phi) is 6.00. The standard InChI is InChI=1S/C23H27ClFNO2/c24-19-13-18(14-20(25)15-19)5-1-3-7-22(21-6-2-4-10-26-21)8-12-28-23(16-22)9-11-27-17-23/h2,4,6,10,13-15H,1,3,5,7-9,11-12,16-17H2. The molecule has 2 unspecified atom stereocenters. The quantitative estimate of drug-likeness (QED) is 0.597. The van der Waals surface area contributed by atoms with Crippen molar-refractivity contribution in [2.45, 2.75) is 56.0 Å². The van der Waals surface area contributed by atoms with E-state index >= 15 is 0 Å². The molecule has 0 amide bonds. The van der Waals surface area contributed by atoms with Crippen LogP contribution in [0.25, 0.3) is 0 Å². The van der Waals surface area contributed by atoms with Crippen molar-refractivity contribution in [1.82, 2.24) is 4.98 Å². The van der Waals surface area contributed by atoms with Crippen molar-refractivity contribution in [2.75, 3.05) is 19.8 Å². The van der Waals surface area contributed by atoms with Crippen molar-refractivity contribution in [3.63, 3.8) is 0 Å². The smallest absolute Gasteiger partial charge is 0.124 e. The highest BCUT2D eigenvalue weighted by Gasteiger charge is 2.49. The number of benzene rings is 1. The van der Waals surface area contributed by atoms with Crippen LogP contribution in [-0.4, -0.2) is 30.4 Å². The third-order valence-electron chi connectivity index (χ3n) is 6.22. The summed E-state index contributed by atoms with van der Waals surface area (Å²) in [5, 5.41) is 0.465. The van der Waals surface area contributed by atoms with Crippen LogP contribution in [0.2, 0.25) is 5.02 Å². The fourth-order valence-electron chi connectivity index (χ4n) is 4.85. The van der Waals surface area contributed by atoms with Crippen LogP contribution in [0, 0.1) is 5.82 Å². The summed E-state index contributed by atoms with van der Waals surface area (Å²) in [5.74, 6) is -0.264. The van der Waals surface area contributed by atoms with Gasteiger partial charge in [-0.3, -0.25) is 4.98 Å². The highest BCUT2D eigenvalue weighted by atomic mass is 35.5. The van der Waals surface area contributed by atoms with Crippen LogP contribution in [-0.2, 0) is 21.3 Å². The molecule has 3 nitrogen and oxygen atoms in total. The molecule has 28 heavy (non-hydrogen) atoms. The molecule has 0 bridgehead atoms. The van der Waals surface area contributed by atoms with Crippen LogP contribution in [0.15, 0.2) is 42.6 Å². The number of hydrogen-bond donors (Lipinski definition) is 0. The Balaban J connectivity index is 1.45. The van der Waals surface area contributed by atoms with Crippen molar-refractivity contribution in [1.29, 1.82) is 0 Å². The van der Waals surface area contributed by atoms with Crippen LogP contribution >= 0.6 is 11.6 Å². The van der Waals surface area contributed by atoms with E-state index < -0.39 is 0 Å². The monoisotopic (exact) mass is 403 g/mol. The van der Waals surface area contributed by atoms with Crippen molar-refractivity contribution in [2.24, 2.45) is 0 Å². The van der Waals surface area contributed by atoms with Crippen molar-refractivity contribution in [3.8, 4) is 0 Å². The number of nitrogens with zero attached hydrogens (tertiary/aromatic N) is 1. The van der Waals surface area contributed by atoms with Crippen molar-refractivity contribution < 1.29 is 13.9 Å². The van der Waals surface area contributed by atoms with Crippen LogP contribution in [0.4, 0.5) is 4.39 Å². The van der Waals surface area contributed by atoms with Gasteiger partial charge < -0.3 is 9.47 Å². The summed E-state index contributed by atoms with van der Waals surface area (Å²) >= 11 is 5.98. The SMILES string of the molecule is Fc1cc(Cl)cc(CCCCC2(c3ccccn3)CCOC3(CCOC3)C2)c1. The van der Waals surface area contributed by atoms with Crippen LogP contribution < -0.4 is 0 Å². The summed E-state index contributed by atoms with van der Waals surface area (Å²) in [6.45, 7) is 2.21. The van der Waals surface area contributed by atoms with E-state index in [0.717, 1.165) is 63.7 Å². The number of aryl methyl sites for hydroxylation is 1. The molecule has 1 aromatic carbocycles. The summed E-state index contributed by atoms with van der Waals surface area (Å²) in [6.07, 6.45) is 8.74. The lowest BCUT2D eigenvalue weighted by molar-refractivity contribution is -0.109. The minimum atomic E-state index is -0.264. The molecule has 2 atom stereocenters. The lowest BCUT2D eigenvalue weighted by Gasteiger charge is -2.45. The first kappa shape index (κ1) is 19.8. The number of rotatable bonds is 6. The van der Waals surface area contributed by atoms with E-state index in [9.17, 15) is 4.39 Å². The number of pyridine rings is 1. The van der Waals surface area contributed by atoms with Gasteiger partial charge >= 0.3 is 0 Å². The van der Waals surface area contributed by atoms with Gasteiger partial charge in [0.05, 0.1) is 12.2 Å². The Hall–Kier alpha value is -1.49. The van der Waals surface area contributed by atoms with Crippen molar-refractivity contribution in [3.05, 3.63) is 64.7 Å². The topological polar surface area (TPSA) is 31.4 Å². The van der Waals surface area contributed by atoms with Crippen LogP contribution in [0.5, 0.6) is 0 Å². The predicted octanol–water partition coefficient (Wildman–Crippen LogP) is 5.49. The second-order valence-corrected chi connectivity index (χ2v) is 8.68. The Morgan fingerprint density at radius 1 is 1.11 bits per heavy atom. The molecule has 2 aromatic rings. The van der Waals surface area contributed by atoms with E-state index in [0.29, 0.717) is 11.6 Å². The molecule has 2 aliphatic heterocycles. The molecular weight excluding hydrogens is 377 g/mol. The molecule has 2 aliphatic rings. The second-order valence-electron chi connectivity index (χ2n) is 8.24. The molecule has 4 rings (SSSR count). The number of halogens is 2. The average molecular weight is 404 g/mol. The predicted molar refractivity (Wildman–Crippen MR) is 108 cm³/mol. The van der Waals surface area contributed by atoms with E-state index in [4.69, 9.17) is 26.1 Å². The minimum Gasteiger partial charge on any atom is -0.378 e. The normalized spacial score (nSPS) is 27.4. The zero-order valence-electron chi connectivity index (χ0n) is 16.1. The summed E-state index contributed by atoms with van der Waals surface area (Å²) in [7, 11) is 0. The first-order valence-electron chi connectivity index (χ1n) is 10.2. The third kappa shape index (κ3) is 4.40. The van der Waals surface area contributed by atoms with E-state index in [1.54, 1.807) is 6.07 Å². The molecule has 2 fully saturated rings. The molecule has 1 spiro atoms. The third-order valence-corrected chi connectivity index (χ3v) is 6.44. The highest BCUT2D eigenvalue weighted by Crippen LogP contribution is 2.47. The van der Waals surface area contributed by atoms with E-state index in [2.05, 4.69) is 12.1 Å². The lowest BCUT2D eigenvalue weighted by Crippen LogP contribution is -2.48. The summed E-state index contributed by atoms with van der Waals surface area (Å²) in [5.41, 5.74) is 1.99. The molecule has 0 N–H and O–H groups in total. The Labute approximate surface area is 171 Å². The van der Waals surface area contributed by atoms with Gasteiger partial charge in [0, 0.05) is 42.0 Å². The molecule has 150 valence electrons. The fraction of sp³-hybridized carbons (Fsp3) is 0.522. The molecule has 1 aromatic heterocycles. The lowest BCUT2D eigenvalue weighted by atomic mass is 9.67. The fourth-order valence-corrected chi connectivity index (χ4v) is 5.09. The Bertz CT molecular complexity index is 774.